The van der Waals surface area contributed by atoms with E-state index in [0.29, 0.717) is 23.5 Å². The van der Waals surface area contributed by atoms with Gasteiger partial charge in [-0.25, -0.2) is 8.42 Å². The molecule has 1 fully saturated rings. The van der Waals surface area contributed by atoms with Crippen molar-refractivity contribution in [1.82, 2.24) is 9.62 Å². The highest BCUT2D eigenvalue weighted by atomic mass is 32.2. The van der Waals surface area contributed by atoms with Crippen LogP contribution in [0.25, 0.3) is 11.1 Å². The van der Waals surface area contributed by atoms with Crippen LogP contribution >= 0.6 is 0 Å². The first-order valence-electron chi connectivity index (χ1n) is 9.20. The number of carbonyl (C=O) groups is 1. The van der Waals surface area contributed by atoms with Gasteiger partial charge in [0.2, 0.25) is 10.0 Å². The smallest absolute Gasteiger partial charge is 0.251 e. The second kappa shape index (κ2) is 7.44. The fraction of sp³-hybridized carbons (Fsp3) is 0.381. The number of carbonyl (C=O) groups excluding carboxylic acids is 1. The third-order valence-electron chi connectivity index (χ3n) is 4.50. The molecule has 144 valence electrons. The molecule has 1 heterocycles. The molecule has 0 atom stereocenters. The number of benzene rings is 2. The van der Waals surface area contributed by atoms with E-state index < -0.39 is 10.0 Å². The maximum atomic E-state index is 12.6. The summed E-state index contributed by atoms with van der Waals surface area (Å²) in [7, 11) is -3.41. The lowest BCUT2D eigenvalue weighted by Gasteiger charge is -2.20. The van der Waals surface area contributed by atoms with Gasteiger partial charge in [0.05, 0.1) is 4.90 Å². The van der Waals surface area contributed by atoms with Crippen LogP contribution in [0.5, 0.6) is 0 Å². The zero-order valence-corrected chi connectivity index (χ0v) is 16.8. The van der Waals surface area contributed by atoms with Gasteiger partial charge in [-0.15, -0.1) is 0 Å². The quantitative estimate of drug-likeness (QED) is 0.872. The van der Waals surface area contributed by atoms with Gasteiger partial charge in [-0.3, -0.25) is 4.79 Å². The summed E-state index contributed by atoms with van der Waals surface area (Å²) in [5.41, 5.74) is 2.03. The summed E-state index contributed by atoms with van der Waals surface area (Å²) in [6.07, 6.45) is 1.83. The Hall–Kier alpha value is -2.18. The van der Waals surface area contributed by atoms with Crippen molar-refractivity contribution in [3.63, 3.8) is 0 Å². The molecule has 1 aliphatic rings. The molecule has 0 aliphatic carbocycles. The monoisotopic (exact) mass is 386 g/mol. The van der Waals surface area contributed by atoms with Crippen LogP contribution in [0.2, 0.25) is 0 Å². The minimum Gasteiger partial charge on any atom is -0.347 e. The van der Waals surface area contributed by atoms with E-state index in [0.717, 1.165) is 24.0 Å². The molecule has 1 aliphatic heterocycles. The van der Waals surface area contributed by atoms with E-state index in [1.165, 1.54) is 0 Å². The van der Waals surface area contributed by atoms with Crippen molar-refractivity contribution in [3.8, 4) is 11.1 Å². The van der Waals surface area contributed by atoms with E-state index in [2.05, 4.69) is 5.32 Å². The van der Waals surface area contributed by atoms with Crippen LogP contribution in [0.1, 0.15) is 44.0 Å². The Labute approximate surface area is 161 Å². The molecule has 0 radical (unpaired) electrons. The van der Waals surface area contributed by atoms with Crippen LogP contribution in [0, 0.1) is 0 Å². The normalized spacial score (nSPS) is 15.7. The van der Waals surface area contributed by atoms with Crippen molar-refractivity contribution < 1.29 is 13.2 Å². The van der Waals surface area contributed by atoms with Gasteiger partial charge in [0.25, 0.3) is 5.91 Å². The van der Waals surface area contributed by atoms with Gasteiger partial charge >= 0.3 is 0 Å². The van der Waals surface area contributed by atoms with Crippen LogP contribution in [0.3, 0.4) is 0 Å². The van der Waals surface area contributed by atoms with Gasteiger partial charge in [0.15, 0.2) is 0 Å². The van der Waals surface area contributed by atoms with Crippen molar-refractivity contribution in [3.05, 3.63) is 54.1 Å². The second-order valence-corrected chi connectivity index (χ2v) is 9.86. The Morgan fingerprint density at radius 3 is 2.19 bits per heavy atom. The Bertz CT molecular complexity index is 923. The molecule has 0 unspecified atom stereocenters. The molecule has 1 saturated heterocycles. The fourth-order valence-electron chi connectivity index (χ4n) is 3.15. The standard InChI is InChI=1S/C21H26N2O3S/c1-21(2,3)22-20(24)18-8-6-7-17(15-18)16-9-11-19(12-10-16)27(25,26)23-13-4-5-14-23/h6-12,15H,4-5,13-14H2,1-3H3,(H,22,24). The van der Waals surface area contributed by atoms with Crippen LogP contribution in [-0.2, 0) is 10.0 Å². The first kappa shape index (κ1) is 19.6. The number of hydrogen-bond acceptors (Lipinski definition) is 3. The van der Waals surface area contributed by atoms with Gasteiger partial charge in [0.1, 0.15) is 0 Å². The zero-order valence-electron chi connectivity index (χ0n) is 16.0. The van der Waals surface area contributed by atoms with Crippen LogP contribution in [0.15, 0.2) is 53.4 Å². The summed E-state index contributed by atoms with van der Waals surface area (Å²) < 4.78 is 26.8. The maximum Gasteiger partial charge on any atom is 0.251 e. The molecule has 27 heavy (non-hydrogen) atoms. The van der Waals surface area contributed by atoms with E-state index >= 15 is 0 Å². The predicted octanol–water partition coefficient (Wildman–Crippen LogP) is 3.67. The van der Waals surface area contributed by atoms with Crippen molar-refractivity contribution in [2.45, 2.75) is 44.0 Å². The number of nitrogens with one attached hydrogen (secondary N) is 1. The van der Waals surface area contributed by atoms with E-state index in [9.17, 15) is 13.2 Å². The first-order chi connectivity index (χ1) is 12.7. The Morgan fingerprint density at radius 1 is 0.963 bits per heavy atom. The maximum absolute atomic E-state index is 12.6. The summed E-state index contributed by atoms with van der Waals surface area (Å²) in [6, 6.07) is 14.2. The Kier molecular flexibility index (Phi) is 5.40. The minimum atomic E-state index is -3.41. The average molecular weight is 387 g/mol. The van der Waals surface area contributed by atoms with Crippen LogP contribution < -0.4 is 5.32 Å². The number of amides is 1. The molecule has 0 aromatic heterocycles. The molecule has 5 nitrogen and oxygen atoms in total. The minimum absolute atomic E-state index is 0.127. The summed E-state index contributed by atoms with van der Waals surface area (Å²) in [5.74, 6) is -0.127. The van der Waals surface area contributed by atoms with E-state index in [4.69, 9.17) is 0 Å². The van der Waals surface area contributed by atoms with Crippen molar-refractivity contribution in [2.24, 2.45) is 0 Å². The second-order valence-electron chi connectivity index (χ2n) is 7.92. The lowest BCUT2D eigenvalue weighted by molar-refractivity contribution is 0.0919. The molecule has 2 aromatic carbocycles. The van der Waals surface area contributed by atoms with Crippen molar-refractivity contribution in [2.75, 3.05) is 13.1 Å². The number of nitrogens with zero attached hydrogens (tertiary/aromatic N) is 1. The number of hydrogen-bond donors (Lipinski definition) is 1. The predicted molar refractivity (Wildman–Crippen MR) is 107 cm³/mol. The van der Waals surface area contributed by atoms with Crippen LogP contribution in [0.4, 0.5) is 0 Å². The van der Waals surface area contributed by atoms with E-state index in [1.54, 1.807) is 34.6 Å². The van der Waals surface area contributed by atoms with Crippen molar-refractivity contribution >= 4 is 15.9 Å². The molecule has 3 rings (SSSR count). The lowest BCUT2D eigenvalue weighted by atomic mass is 10.0. The summed E-state index contributed by atoms with van der Waals surface area (Å²) in [6.45, 7) is 7.00. The molecule has 6 heteroatoms. The summed E-state index contributed by atoms with van der Waals surface area (Å²) >= 11 is 0. The highest BCUT2D eigenvalue weighted by molar-refractivity contribution is 7.89. The zero-order chi connectivity index (χ0) is 19.7. The number of sulfonamides is 1. The first-order valence-corrected chi connectivity index (χ1v) is 10.6. The van der Waals surface area contributed by atoms with Gasteiger partial charge in [0, 0.05) is 24.2 Å². The fourth-order valence-corrected chi connectivity index (χ4v) is 4.67. The van der Waals surface area contributed by atoms with Gasteiger partial charge in [-0.05, 0) is 69.0 Å². The average Bonchev–Trinajstić information content (AvgIpc) is 3.16. The largest absolute Gasteiger partial charge is 0.347 e. The topological polar surface area (TPSA) is 66.5 Å². The molecule has 1 amide bonds. The summed E-state index contributed by atoms with van der Waals surface area (Å²) in [5, 5.41) is 2.95. The molecular weight excluding hydrogens is 360 g/mol. The van der Waals surface area contributed by atoms with Gasteiger partial charge in [-0.1, -0.05) is 24.3 Å². The third-order valence-corrected chi connectivity index (χ3v) is 6.42. The highest BCUT2D eigenvalue weighted by Crippen LogP contribution is 2.25. The molecule has 0 spiro atoms. The van der Waals surface area contributed by atoms with Crippen LogP contribution in [-0.4, -0.2) is 37.3 Å². The van der Waals surface area contributed by atoms with Gasteiger partial charge in [-0.2, -0.15) is 4.31 Å². The highest BCUT2D eigenvalue weighted by Gasteiger charge is 2.27. The van der Waals surface area contributed by atoms with Crippen molar-refractivity contribution in [1.29, 1.82) is 0 Å². The van der Waals surface area contributed by atoms with E-state index in [-0.39, 0.29) is 11.4 Å². The number of rotatable bonds is 4. The Morgan fingerprint density at radius 2 is 1.59 bits per heavy atom. The van der Waals surface area contributed by atoms with Gasteiger partial charge < -0.3 is 5.32 Å². The molecule has 2 aromatic rings. The third kappa shape index (κ3) is 4.57. The lowest BCUT2D eigenvalue weighted by Crippen LogP contribution is -2.40. The van der Waals surface area contributed by atoms with E-state index in [1.807, 2.05) is 39.0 Å². The SMILES string of the molecule is CC(C)(C)NC(=O)c1cccc(-c2ccc(S(=O)(=O)N3CCCC3)cc2)c1. The summed E-state index contributed by atoms with van der Waals surface area (Å²) in [4.78, 5) is 12.7. The Balaban J connectivity index is 1.83. The molecule has 1 N–H and O–H groups in total. The molecule has 0 bridgehead atoms. The molecular formula is C21H26N2O3S. The molecule has 0 saturated carbocycles.